The predicted molar refractivity (Wildman–Crippen MR) is 44.9 cm³/mol. The fourth-order valence-corrected chi connectivity index (χ4v) is 1.25. The molecule has 1 aromatic heterocycles. The van der Waals surface area contributed by atoms with E-state index in [-0.39, 0.29) is 0 Å². The minimum atomic E-state index is -0.411. The van der Waals surface area contributed by atoms with Crippen LogP contribution < -0.4 is 4.74 Å². The van der Waals surface area contributed by atoms with E-state index in [4.69, 9.17) is 4.74 Å². The highest BCUT2D eigenvalue weighted by Crippen LogP contribution is 2.23. The quantitative estimate of drug-likeness (QED) is 0.499. The molecule has 0 saturated carbocycles. The number of esters is 1. The number of rotatable bonds is 2. The van der Waals surface area contributed by atoms with Crippen molar-refractivity contribution in [3.63, 3.8) is 0 Å². The van der Waals surface area contributed by atoms with Crippen molar-refractivity contribution in [1.82, 2.24) is 0 Å². The van der Waals surface area contributed by atoms with Crippen LogP contribution in [0.2, 0.25) is 0 Å². The number of carbonyl (C=O) groups is 1. The topological polar surface area (TPSA) is 26.3 Å². The van der Waals surface area contributed by atoms with Crippen LogP contribution in [0.1, 0.15) is 4.88 Å². The van der Waals surface area contributed by atoms with Gasteiger partial charge in [0.15, 0.2) is 0 Å². The number of carbonyl (C=O) groups excluding carboxylic acids is 1. The lowest BCUT2D eigenvalue weighted by Crippen LogP contribution is -2.02. The summed E-state index contributed by atoms with van der Waals surface area (Å²) in [6.45, 7) is 5.20. The molecule has 0 atom stereocenters. The van der Waals surface area contributed by atoms with Gasteiger partial charge in [0.25, 0.3) is 0 Å². The molecule has 0 unspecified atom stereocenters. The molecule has 0 bridgehead atoms. The molecule has 0 saturated heterocycles. The molecule has 1 aromatic rings. The molecular weight excluding hydrogens is 160 g/mol. The lowest BCUT2D eigenvalue weighted by molar-refractivity contribution is -0.128. The van der Waals surface area contributed by atoms with Crippen LogP contribution in [0.25, 0.3) is 0 Å². The number of thiophene rings is 1. The van der Waals surface area contributed by atoms with Gasteiger partial charge in [-0.1, -0.05) is 6.58 Å². The van der Waals surface area contributed by atoms with Gasteiger partial charge >= 0.3 is 5.97 Å². The van der Waals surface area contributed by atoms with Crippen molar-refractivity contribution in [2.45, 2.75) is 6.92 Å². The molecule has 0 aromatic carbocycles. The molecule has 1 heterocycles. The van der Waals surface area contributed by atoms with Crippen molar-refractivity contribution in [2.24, 2.45) is 0 Å². The number of hydrogen-bond acceptors (Lipinski definition) is 3. The van der Waals surface area contributed by atoms with Crippen LogP contribution in [0, 0.1) is 6.92 Å². The van der Waals surface area contributed by atoms with Crippen LogP contribution in [0.4, 0.5) is 0 Å². The van der Waals surface area contributed by atoms with Crippen molar-refractivity contribution >= 4 is 17.3 Å². The highest BCUT2D eigenvalue weighted by Gasteiger charge is 2.02. The van der Waals surface area contributed by atoms with Gasteiger partial charge in [0.05, 0.1) is 0 Å². The van der Waals surface area contributed by atoms with Crippen molar-refractivity contribution < 1.29 is 9.53 Å². The molecule has 0 aliphatic carbocycles. The Hall–Kier alpha value is -1.09. The van der Waals surface area contributed by atoms with E-state index in [2.05, 4.69) is 6.58 Å². The van der Waals surface area contributed by atoms with Crippen molar-refractivity contribution in [3.8, 4) is 5.75 Å². The summed E-state index contributed by atoms with van der Waals surface area (Å²) in [7, 11) is 0. The van der Waals surface area contributed by atoms with Crippen LogP contribution >= 0.6 is 11.3 Å². The zero-order valence-electron chi connectivity index (χ0n) is 6.16. The first-order valence-corrected chi connectivity index (χ1v) is 4.00. The Morgan fingerprint density at radius 3 is 3.00 bits per heavy atom. The maximum atomic E-state index is 10.7. The summed E-state index contributed by atoms with van der Waals surface area (Å²) in [5.41, 5.74) is 0. The van der Waals surface area contributed by atoms with Crippen molar-refractivity contribution in [1.29, 1.82) is 0 Å². The Morgan fingerprint density at radius 1 is 1.82 bits per heavy atom. The first kappa shape index (κ1) is 8.01. The lowest BCUT2D eigenvalue weighted by Gasteiger charge is -1.97. The van der Waals surface area contributed by atoms with E-state index in [9.17, 15) is 4.79 Å². The van der Waals surface area contributed by atoms with E-state index in [1.165, 1.54) is 0 Å². The third-order valence-corrected chi connectivity index (χ3v) is 2.02. The fourth-order valence-electron chi connectivity index (χ4n) is 0.629. The molecule has 0 spiro atoms. The summed E-state index contributed by atoms with van der Waals surface area (Å²) in [5.74, 6) is 0.214. The Labute approximate surface area is 69.1 Å². The minimum absolute atomic E-state index is 0.411. The summed E-state index contributed by atoms with van der Waals surface area (Å²) >= 11 is 1.55. The van der Waals surface area contributed by atoms with Crippen LogP contribution in [-0.4, -0.2) is 5.97 Å². The normalized spacial score (nSPS) is 9.18. The standard InChI is InChI=1S/C8H8O2S/c1-3-8(9)10-7-4-5-11-6(7)2/h3-5H,1H2,2H3. The molecule has 58 valence electrons. The van der Waals surface area contributed by atoms with E-state index in [1.54, 1.807) is 17.4 Å². The number of aryl methyl sites for hydroxylation is 1. The highest BCUT2D eigenvalue weighted by atomic mass is 32.1. The maximum Gasteiger partial charge on any atom is 0.335 e. The van der Waals surface area contributed by atoms with Gasteiger partial charge in [-0.2, -0.15) is 0 Å². The molecule has 3 heteroatoms. The van der Waals surface area contributed by atoms with Gasteiger partial charge in [0.1, 0.15) is 5.75 Å². The average Bonchev–Trinajstić information content (AvgIpc) is 2.37. The fraction of sp³-hybridized carbons (Fsp3) is 0.125. The summed E-state index contributed by atoms with van der Waals surface area (Å²) in [5, 5.41) is 1.88. The van der Waals surface area contributed by atoms with Crippen molar-refractivity contribution in [3.05, 3.63) is 29.0 Å². The van der Waals surface area contributed by atoms with Gasteiger partial charge in [-0.25, -0.2) is 4.79 Å². The van der Waals surface area contributed by atoms with Gasteiger partial charge < -0.3 is 4.74 Å². The first-order valence-electron chi connectivity index (χ1n) is 3.12. The Balaban J connectivity index is 2.71. The lowest BCUT2D eigenvalue weighted by atomic mass is 10.4. The van der Waals surface area contributed by atoms with Crippen LogP contribution in [-0.2, 0) is 4.79 Å². The summed E-state index contributed by atoms with van der Waals surface area (Å²) in [6, 6.07) is 1.77. The summed E-state index contributed by atoms with van der Waals surface area (Å²) < 4.78 is 4.89. The van der Waals surface area contributed by atoms with Crippen LogP contribution in [0.3, 0.4) is 0 Å². The molecule has 2 nitrogen and oxygen atoms in total. The molecule has 0 fully saturated rings. The second kappa shape index (κ2) is 3.34. The largest absolute Gasteiger partial charge is 0.422 e. The van der Waals surface area contributed by atoms with Crippen LogP contribution in [0.5, 0.6) is 5.75 Å². The second-order valence-corrected chi connectivity index (χ2v) is 3.09. The van der Waals surface area contributed by atoms with Gasteiger partial charge in [-0.15, -0.1) is 11.3 Å². The van der Waals surface area contributed by atoms with E-state index >= 15 is 0 Å². The Morgan fingerprint density at radius 2 is 2.55 bits per heavy atom. The second-order valence-electron chi connectivity index (χ2n) is 1.97. The van der Waals surface area contributed by atoms with E-state index < -0.39 is 5.97 Å². The third-order valence-electron chi connectivity index (χ3n) is 1.19. The summed E-state index contributed by atoms with van der Waals surface area (Å²) in [6.07, 6.45) is 1.15. The predicted octanol–water partition coefficient (Wildman–Crippen LogP) is 2.15. The molecule has 0 amide bonds. The van der Waals surface area contributed by atoms with E-state index in [1.807, 2.05) is 12.3 Å². The summed E-state index contributed by atoms with van der Waals surface area (Å²) in [4.78, 5) is 11.7. The van der Waals surface area contributed by atoms with Crippen LogP contribution in [0.15, 0.2) is 24.1 Å². The number of hydrogen-bond donors (Lipinski definition) is 0. The minimum Gasteiger partial charge on any atom is -0.422 e. The molecule has 0 radical (unpaired) electrons. The molecule has 1 rings (SSSR count). The van der Waals surface area contributed by atoms with Gasteiger partial charge in [0, 0.05) is 11.0 Å². The van der Waals surface area contributed by atoms with E-state index in [0.29, 0.717) is 5.75 Å². The molecular formula is C8H8O2S. The molecule has 0 N–H and O–H groups in total. The van der Waals surface area contributed by atoms with Gasteiger partial charge in [-0.05, 0) is 18.4 Å². The monoisotopic (exact) mass is 168 g/mol. The highest BCUT2D eigenvalue weighted by molar-refractivity contribution is 7.10. The first-order chi connectivity index (χ1) is 5.24. The SMILES string of the molecule is C=CC(=O)Oc1ccsc1C. The van der Waals surface area contributed by atoms with Gasteiger partial charge in [-0.3, -0.25) is 0 Å². The maximum absolute atomic E-state index is 10.7. The zero-order chi connectivity index (χ0) is 8.27. The number of ether oxygens (including phenoxy) is 1. The Bertz CT molecular complexity index is 275. The van der Waals surface area contributed by atoms with Gasteiger partial charge in [0.2, 0.25) is 0 Å². The molecule has 0 aliphatic heterocycles. The third kappa shape index (κ3) is 1.91. The zero-order valence-corrected chi connectivity index (χ0v) is 6.98. The molecule has 0 aliphatic rings. The average molecular weight is 168 g/mol. The van der Waals surface area contributed by atoms with E-state index in [0.717, 1.165) is 11.0 Å². The van der Waals surface area contributed by atoms with Crippen molar-refractivity contribution in [2.75, 3.05) is 0 Å². The molecule has 11 heavy (non-hydrogen) atoms. The smallest absolute Gasteiger partial charge is 0.335 e. The Kier molecular flexibility index (Phi) is 2.44.